The van der Waals surface area contributed by atoms with Crippen LogP contribution in [0.2, 0.25) is 0 Å². The maximum atomic E-state index is 11.1. The largest absolute Gasteiger partial charge is 0.329 e. The zero-order valence-corrected chi connectivity index (χ0v) is 6.60. The SMILES string of the molecule is NCC[N]C(=O)c1ccccn1. The van der Waals surface area contributed by atoms with Crippen molar-refractivity contribution in [2.75, 3.05) is 13.1 Å². The van der Waals surface area contributed by atoms with Crippen molar-refractivity contribution >= 4 is 5.91 Å². The summed E-state index contributed by atoms with van der Waals surface area (Å²) in [6, 6.07) is 5.13. The highest BCUT2D eigenvalue weighted by atomic mass is 16.1. The average molecular weight is 164 g/mol. The first kappa shape index (κ1) is 8.67. The lowest BCUT2D eigenvalue weighted by atomic mass is 10.3. The highest BCUT2D eigenvalue weighted by Crippen LogP contribution is 1.92. The van der Waals surface area contributed by atoms with Gasteiger partial charge in [0.2, 0.25) is 0 Å². The number of amides is 1. The molecule has 4 heteroatoms. The maximum absolute atomic E-state index is 11.1. The molecule has 63 valence electrons. The summed E-state index contributed by atoms with van der Waals surface area (Å²) < 4.78 is 0. The molecule has 1 radical (unpaired) electrons. The maximum Gasteiger partial charge on any atom is 0.291 e. The van der Waals surface area contributed by atoms with Crippen molar-refractivity contribution < 1.29 is 4.79 Å². The van der Waals surface area contributed by atoms with E-state index in [2.05, 4.69) is 10.3 Å². The molecular weight excluding hydrogens is 154 g/mol. The Morgan fingerprint density at radius 3 is 3.00 bits per heavy atom. The number of pyridine rings is 1. The van der Waals surface area contributed by atoms with Crippen LogP contribution in [-0.2, 0) is 0 Å². The van der Waals surface area contributed by atoms with E-state index < -0.39 is 0 Å². The number of rotatable bonds is 3. The number of nitrogens with two attached hydrogens (primary N) is 1. The first-order valence-electron chi connectivity index (χ1n) is 3.67. The number of nitrogens with zero attached hydrogens (tertiary/aromatic N) is 2. The summed E-state index contributed by atoms with van der Waals surface area (Å²) in [5, 5.41) is 3.69. The Labute approximate surface area is 70.8 Å². The first-order chi connectivity index (χ1) is 5.84. The Bertz CT molecular complexity index is 248. The van der Waals surface area contributed by atoms with Crippen molar-refractivity contribution in [3.05, 3.63) is 30.1 Å². The second-order valence-corrected chi connectivity index (χ2v) is 2.19. The van der Waals surface area contributed by atoms with E-state index in [1.807, 2.05) is 0 Å². The van der Waals surface area contributed by atoms with Crippen LogP contribution in [0.15, 0.2) is 24.4 Å². The fourth-order valence-corrected chi connectivity index (χ4v) is 0.736. The summed E-state index contributed by atoms with van der Waals surface area (Å²) in [5.41, 5.74) is 5.56. The minimum Gasteiger partial charge on any atom is -0.329 e. The molecule has 0 fully saturated rings. The summed E-state index contributed by atoms with van der Waals surface area (Å²) in [5.74, 6) is -0.305. The standard InChI is InChI=1S/C8H10N3O/c9-4-6-11-8(12)7-3-1-2-5-10-7/h1-3,5H,4,6,9H2. The summed E-state index contributed by atoms with van der Waals surface area (Å²) >= 11 is 0. The van der Waals surface area contributed by atoms with E-state index in [4.69, 9.17) is 5.73 Å². The second kappa shape index (κ2) is 4.46. The van der Waals surface area contributed by atoms with E-state index in [1.54, 1.807) is 24.4 Å². The van der Waals surface area contributed by atoms with Gasteiger partial charge in [-0.25, -0.2) is 5.32 Å². The number of hydrogen-bond acceptors (Lipinski definition) is 3. The van der Waals surface area contributed by atoms with Crippen molar-refractivity contribution in [1.82, 2.24) is 10.3 Å². The molecule has 1 aromatic rings. The van der Waals surface area contributed by atoms with E-state index in [0.717, 1.165) is 0 Å². The molecule has 0 aromatic carbocycles. The molecule has 0 saturated heterocycles. The molecule has 0 atom stereocenters. The second-order valence-electron chi connectivity index (χ2n) is 2.19. The zero-order chi connectivity index (χ0) is 8.81. The minimum absolute atomic E-state index is 0.305. The van der Waals surface area contributed by atoms with Gasteiger partial charge < -0.3 is 5.73 Å². The third-order valence-electron chi connectivity index (χ3n) is 1.27. The van der Waals surface area contributed by atoms with Crippen molar-refractivity contribution in [1.29, 1.82) is 0 Å². The van der Waals surface area contributed by atoms with Crippen molar-refractivity contribution in [2.24, 2.45) is 5.73 Å². The van der Waals surface area contributed by atoms with Crippen LogP contribution in [0.3, 0.4) is 0 Å². The van der Waals surface area contributed by atoms with Gasteiger partial charge in [0.25, 0.3) is 5.91 Å². The quantitative estimate of drug-likeness (QED) is 0.671. The summed E-state index contributed by atoms with van der Waals surface area (Å²) in [6.45, 7) is 0.744. The smallest absolute Gasteiger partial charge is 0.291 e. The van der Waals surface area contributed by atoms with Gasteiger partial charge in [-0.1, -0.05) is 6.07 Å². The fourth-order valence-electron chi connectivity index (χ4n) is 0.736. The third-order valence-corrected chi connectivity index (χ3v) is 1.27. The molecule has 1 amide bonds. The molecule has 0 aliphatic heterocycles. The van der Waals surface area contributed by atoms with Crippen LogP contribution in [0, 0.1) is 0 Å². The molecule has 0 aliphatic carbocycles. The van der Waals surface area contributed by atoms with Gasteiger partial charge in [-0.2, -0.15) is 0 Å². The van der Waals surface area contributed by atoms with Gasteiger partial charge in [0.15, 0.2) is 0 Å². The minimum atomic E-state index is -0.305. The van der Waals surface area contributed by atoms with Crippen LogP contribution in [0.4, 0.5) is 0 Å². The van der Waals surface area contributed by atoms with Gasteiger partial charge in [0.05, 0.1) is 6.54 Å². The number of carbonyl (C=O) groups is 1. The predicted octanol–water partition coefficient (Wildman–Crippen LogP) is -0.215. The van der Waals surface area contributed by atoms with Gasteiger partial charge >= 0.3 is 0 Å². The van der Waals surface area contributed by atoms with Crippen LogP contribution in [0.5, 0.6) is 0 Å². The van der Waals surface area contributed by atoms with E-state index in [-0.39, 0.29) is 5.91 Å². The topological polar surface area (TPSA) is 70.1 Å². The van der Waals surface area contributed by atoms with Crippen molar-refractivity contribution in [3.8, 4) is 0 Å². The van der Waals surface area contributed by atoms with E-state index in [9.17, 15) is 4.79 Å². The van der Waals surface area contributed by atoms with Crippen LogP contribution in [0.25, 0.3) is 0 Å². The van der Waals surface area contributed by atoms with Crippen LogP contribution >= 0.6 is 0 Å². The lowest BCUT2D eigenvalue weighted by Crippen LogP contribution is -2.23. The lowest BCUT2D eigenvalue weighted by molar-refractivity contribution is 0.0945. The van der Waals surface area contributed by atoms with Crippen LogP contribution in [0.1, 0.15) is 10.5 Å². The Balaban J connectivity index is 2.54. The number of carbonyl (C=O) groups excluding carboxylic acids is 1. The average Bonchev–Trinajstić information content (AvgIpc) is 2.15. The Kier molecular flexibility index (Phi) is 3.22. The first-order valence-corrected chi connectivity index (χ1v) is 3.67. The van der Waals surface area contributed by atoms with Gasteiger partial charge in [-0.15, -0.1) is 0 Å². The van der Waals surface area contributed by atoms with Gasteiger partial charge in [0.1, 0.15) is 5.69 Å². The molecule has 1 heterocycles. The molecule has 0 unspecified atom stereocenters. The molecule has 0 spiro atoms. The summed E-state index contributed by atoms with van der Waals surface area (Å²) in [4.78, 5) is 15.0. The lowest BCUT2D eigenvalue weighted by Gasteiger charge is -1.97. The molecule has 0 bridgehead atoms. The molecule has 1 aromatic heterocycles. The molecule has 0 aliphatic rings. The molecule has 12 heavy (non-hydrogen) atoms. The number of aromatic nitrogens is 1. The summed E-state index contributed by atoms with van der Waals surface area (Å²) in [7, 11) is 0. The van der Waals surface area contributed by atoms with E-state index >= 15 is 0 Å². The highest BCUT2D eigenvalue weighted by Gasteiger charge is 2.05. The molecule has 0 saturated carbocycles. The third kappa shape index (κ3) is 2.32. The molecule has 2 N–H and O–H groups in total. The van der Waals surface area contributed by atoms with E-state index in [0.29, 0.717) is 18.8 Å². The van der Waals surface area contributed by atoms with Crippen molar-refractivity contribution in [2.45, 2.75) is 0 Å². The fraction of sp³-hybridized carbons (Fsp3) is 0.250. The Morgan fingerprint density at radius 2 is 2.42 bits per heavy atom. The van der Waals surface area contributed by atoms with Gasteiger partial charge in [0, 0.05) is 12.7 Å². The van der Waals surface area contributed by atoms with E-state index in [1.165, 1.54) is 0 Å². The van der Waals surface area contributed by atoms with Crippen molar-refractivity contribution in [3.63, 3.8) is 0 Å². The Hall–Kier alpha value is -1.42. The van der Waals surface area contributed by atoms with Gasteiger partial charge in [-0.05, 0) is 12.1 Å². The molecular formula is C8H10N3O. The zero-order valence-electron chi connectivity index (χ0n) is 6.60. The molecule has 1 rings (SSSR count). The summed E-state index contributed by atoms with van der Waals surface area (Å²) in [6.07, 6.45) is 1.56. The monoisotopic (exact) mass is 164 g/mol. The van der Waals surface area contributed by atoms with Crippen LogP contribution in [-0.4, -0.2) is 24.0 Å². The Morgan fingerprint density at radius 1 is 1.58 bits per heavy atom. The normalized spacial score (nSPS) is 9.42. The number of hydrogen-bond donors (Lipinski definition) is 1. The molecule has 4 nitrogen and oxygen atoms in total. The van der Waals surface area contributed by atoms with Gasteiger partial charge in [-0.3, -0.25) is 9.78 Å². The predicted molar refractivity (Wildman–Crippen MR) is 44.6 cm³/mol. The highest BCUT2D eigenvalue weighted by molar-refractivity contribution is 5.91. The van der Waals surface area contributed by atoms with Crippen LogP contribution < -0.4 is 11.1 Å².